The first-order valence-corrected chi connectivity index (χ1v) is 6.38. The minimum atomic E-state index is -3.83. The molecule has 3 nitrogen and oxygen atoms in total. The van der Waals surface area contributed by atoms with Gasteiger partial charge in [-0.05, 0) is 31.6 Å². The van der Waals surface area contributed by atoms with Gasteiger partial charge in [-0.25, -0.2) is 0 Å². The molecule has 0 heterocycles. The van der Waals surface area contributed by atoms with Gasteiger partial charge in [0.05, 0.1) is 5.25 Å². The van der Waals surface area contributed by atoms with Gasteiger partial charge in [-0.3, -0.25) is 4.55 Å². The maximum Gasteiger partial charge on any atom is 0.267 e. The van der Waals surface area contributed by atoms with Crippen LogP contribution in [0.5, 0.6) is 0 Å². The minimum Gasteiger partial charge on any atom is -0.285 e. The molecule has 0 saturated heterocycles. The second-order valence-corrected chi connectivity index (χ2v) is 6.03. The summed E-state index contributed by atoms with van der Waals surface area (Å²) in [6.07, 6.45) is 4.15. The average molecular weight is 206 g/mol. The van der Waals surface area contributed by atoms with E-state index in [9.17, 15) is 8.42 Å². The molecule has 0 bridgehead atoms. The summed E-state index contributed by atoms with van der Waals surface area (Å²) in [4.78, 5) is 0. The van der Waals surface area contributed by atoms with Crippen LogP contribution in [0.1, 0.15) is 39.5 Å². The summed E-state index contributed by atoms with van der Waals surface area (Å²) in [5, 5.41) is -0.588. The molecule has 1 saturated carbocycles. The maximum absolute atomic E-state index is 10.9. The van der Waals surface area contributed by atoms with Gasteiger partial charge >= 0.3 is 0 Å². The fourth-order valence-corrected chi connectivity index (χ4v) is 2.88. The molecule has 1 rings (SSSR count). The predicted molar refractivity (Wildman–Crippen MR) is 52.1 cm³/mol. The van der Waals surface area contributed by atoms with E-state index in [-0.39, 0.29) is 5.92 Å². The molecule has 78 valence electrons. The van der Waals surface area contributed by atoms with Crippen molar-refractivity contribution in [2.45, 2.75) is 44.8 Å². The average Bonchev–Trinajstić information content (AvgIpc) is 2.01. The van der Waals surface area contributed by atoms with Gasteiger partial charge in [0, 0.05) is 0 Å². The molecule has 0 aliphatic heterocycles. The van der Waals surface area contributed by atoms with E-state index in [1.807, 2.05) is 0 Å². The van der Waals surface area contributed by atoms with Crippen molar-refractivity contribution in [2.24, 2.45) is 11.8 Å². The quantitative estimate of drug-likeness (QED) is 0.704. The topological polar surface area (TPSA) is 54.4 Å². The van der Waals surface area contributed by atoms with Crippen molar-refractivity contribution in [2.75, 3.05) is 0 Å². The Morgan fingerprint density at radius 3 is 2.46 bits per heavy atom. The monoisotopic (exact) mass is 206 g/mol. The second-order valence-electron chi connectivity index (χ2n) is 4.25. The molecule has 1 aliphatic carbocycles. The Balaban J connectivity index is 2.61. The maximum atomic E-state index is 10.9. The Hall–Kier alpha value is -0.0900. The molecule has 4 heteroatoms. The van der Waals surface area contributed by atoms with Crippen LogP contribution in [0, 0.1) is 11.8 Å². The highest BCUT2D eigenvalue weighted by atomic mass is 32.2. The van der Waals surface area contributed by atoms with E-state index in [4.69, 9.17) is 4.55 Å². The minimum absolute atomic E-state index is 0.152. The van der Waals surface area contributed by atoms with Gasteiger partial charge in [0.2, 0.25) is 0 Å². The largest absolute Gasteiger partial charge is 0.285 e. The molecule has 1 N–H and O–H groups in total. The van der Waals surface area contributed by atoms with Gasteiger partial charge in [-0.15, -0.1) is 0 Å². The van der Waals surface area contributed by atoms with Crippen LogP contribution in [-0.2, 0) is 10.1 Å². The van der Waals surface area contributed by atoms with Crippen molar-refractivity contribution >= 4 is 10.1 Å². The molecule has 0 amide bonds. The highest BCUT2D eigenvalue weighted by Gasteiger charge is 2.30. The van der Waals surface area contributed by atoms with Crippen molar-refractivity contribution in [3.63, 3.8) is 0 Å². The van der Waals surface area contributed by atoms with Gasteiger partial charge in [0.1, 0.15) is 0 Å². The summed E-state index contributed by atoms with van der Waals surface area (Å²) in [5.74, 6) is 0.752. The Bertz CT molecular complexity index is 258. The first kappa shape index (κ1) is 11.0. The molecule has 3 atom stereocenters. The fourth-order valence-electron chi connectivity index (χ4n) is 2.15. The number of hydrogen-bond donors (Lipinski definition) is 1. The number of rotatable bonds is 2. The number of hydrogen-bond acceptors (Lipinski definition) is 2. The summed E-state index contributed by atoms with van der Waals surface area (Å²) in [5.41, 5.74) is 0. The summed E-state index contributed by atoms with van der Waals surface area (Å²) >= 11 is 0. The Kier molecular flexibility index (Phi) is 3.35. The van der Waals surface area contributed by atoms with Crippen molar-refractivity contribution in [3.8, 4) is 0 Å². The van der Waals surface area contributed by atoms with E-state index in [2.05, 4.69) is 6.92 Å². The van der Waals surface area contributed by atoms with E-state index < -0.39 is 15.4 Å². The molecule has 0 radical (unpaired) electrons. The van der Waals surface area contributed by atoms with Gasteiger partial charge in [0.25, 0.3) is 10.1 Å². The first-order valence-electron chi connectivity index (χ1n) is 4.87. The molecule has 0 aromatic rings. The van der Waals surface area contributed by atoms with Crippen molar-refractivity contribution in [3.05, 3.63) is 0 Å². The van der Waals surface area contributed by atoms with E-state index in [1.165, 1.54) is 6.42 Å². The molecule has 13 heavy (non-hydrogen) atoms. The summed E-state index contributed by atoms with van der Waals surface area (Å²) in [6.45, 7) is 3.75. The van der Waals surface area contributed by atoms with Crippen LogP contribution < -0.4 is 0 Å². The normalized spacial score (nSPS) is 32.8. The van der Waals surface area contributed by atoms with Crippen molar-refractivity contribution in [1.82, 2.24) is 0 Å². The Morgan fingerprint density at radius 1 is 1.38 bits per heavy atom. The standard InChI is InChI=1S/C9H18O3S/c1-7-4-3-5-9(6-7)8(2)13(10,11)12/h7-9H,3-6H2,1-2H3,(H,10,11,12). The van der Waals surface area contributed by atoms with Crippen molar-refractivity contribution in [1.29, 1.82) is 0 Å². The molecular weight excluding hydrogens is 188 g/mol. The molecule has 0 aromatic heterocycles. The molecule has 3 unspecified atom stereocenters. The van der Waals surface area contributed by atoms with E-state index in [0.29, 0.717) is 5.92 Å². The van der Waals surface area contributed by atoms with Gasteiger partial charge < -0.3 is 0 Å². The van der Waals surface area contributed by atoms with Crippen LogP contribution >= 0.6 is 0 Å². The Labute approximate surface area is 80.3 Å². The summed E-state index contributed by atoms with van der Waals surface area (Å²) in [7, 11) is -3.83. The zero-order chi connectivity index (χ0) is 10.1. The summed E-state index contributed by atoms with van der Waals surface area (Å²) in [6, 6.07) is 0. The van der Waals surface area contributed by atoms with Crippen LogP contribution in [0.3, 0.4) is 0 Å². The van der Waals surface area contributed by atoms with Gasteiger partial charge in [-0.1, -0.05) is 19.8 Å². The highest BCUT2D eigenvalue weighted by Crippen LogP contribution is 2.32. The second kappa shape index (κ2) is 3.96. The van der Waals surface area contributed by atoms with E-state index >= 15 is 0 Å². The fraction of sp³-hybridized carbons (Fsp3) is 1.00. The highest BCUT2D eigenvalue weighted by molar-refractivity contribution is 7.86. The third-order valence-electron chi connectivity index (χ3n) is 3.11. The first-order chi connectivity index (χ1) is 5.91. The van der Waals surface area contributed by atoms with Crippen LogP contribution in [0.25, 0.3) is 0 Å². The zero-order valence-corrected chi connectivity index (χ0v) is 9.05. The van der Waals surface area contributed by atoms with Crippen molar-refractivity contribution < 1.29 is 13.0 Å². The lowest BCUT2D eigenvalue weighted by Gasteiger charge is -2.29. The van der Waals surface area contributed by atoms with Gasteiger partial charge in [0.15, 0.2) is 0 Å². The Morgan fingerprint density at radius 2 is 2.00 bits per heavy atom. The summed E-state index contributed by atoms with van der Waals surface area (Å²) < 4.78 is 30.7. The smallest absolute Gasteiger partial charge is 0.267 e. The van der Waals surface area contributed by atoms with E-state index in [0.717, 1.165) is 19.3 Å². The third-order valence-corrected chi connectivity index (χ3v) is 4.44. The zero-order valence-electron chi connectivity index (χ0n) is 8.23. The predicted octanol–water partition coefficient (Wildman–Crippen LogP) is 2.09. The molecule has 1 aliphatic rings. The van der Waals surface area contributed by atoms with Crippen LogP contribution in [0.4, 0.5) is 0 Å². The molecule has 0 aromatic carbocycles. The van der Waals surface area contributed by atoms with Crippen LogP contribution in [0.2, 0.25) is 0 Å². The van der Waals surface area contributed by atoms with Crippen LogP contribution in [0.15, 0.2) is 0 Å². The lowest BCUT2D eigenvalue weighted by atomic mass is 9.81. The molecule has 0 spiro atoms. The van der Waals surface area contributed by atoms with E-state index in [1.54, 1.807) is 6.92 Å². The molecule has 1 fully saturated rings. The lowest BCUT2D eigenvalue weighted by molar-refractivity contribution is 0.271. The van der Waals surface area contributed by atoms with Crippen LogP contribution in [-0.4, -0.2) is 18.2 Å². The SMILES string of the molecule is CC1CCCC(C(C)S(=O)(=O)O)C1. The molecular formula is C9H18O3S. The van der Waals surface area contributed by atoms with Gasteiger partial charge in [-0.2, -0.15) is 8.42 Å². The third kappa shape index (κ3) is 2.95. The lowest BCUT2D eigenvalue weighted by Crippen LogP contribution is -2.30.